The summed E-state index contributed by atoms with van der Waals surface area (Å²) in [5.41, 5.74) is 1.62. The molecule has 1 aromatic carbocycles. The van der Waals surface area contributed by atoms with Crippen LogP contribution in [0.4, 0.5) is 0 Å². The van der Waals surface area contributed by atoms with Crippen molar-refractivity contribution in [3.8, 4) is 0 Å². The van der Waals surface area contributed by atoms with Crippen molar-refractivity contribution >= 4 is 9.84 Å². The van der Waals surface area contributed by atoms with Gasteiger partial charge in [-0.15, -0.1) is 0 Å². The molecule has 1 heterocycles. The number of sulfone groups is 1. The molecule has 0 atom stereocenters. The van der Waals surface area contributed by atoms with E-state index in [0.717, 1.165) is 24.0 Å². The third-order valence-corrected chi connectivity index (χ3v) is 5.87. The third-order valence-electron chi connectivity index (χ3n) is 4.13. The molecule has 0 spiro atoms. The maximum Gasteiger partial charge on any atom is 0.242 e. The van der Waals surface area contributed by atoms with Crippen LogP contribution in [-0.2, 0) is 21.0 Å². The molecule has 1 aliphatic carbocycles. The minimum atomic E-state index is -3.51. The highest BCUT2D eigenvalue weighted by molar-refractivity contribution is 7.90. The fraction of sp³-hybridized carbons (Fsp3) is 0.529. The Morgan fingerprint density at radius 1 is 1.26 bits per heavy atom. The fourth-order valence-electron chi connectivity index (χ4n) is 2.48. The highest BCUT2D eigenvalue weighted by Gasteiger charge is 2.30. The number of rotatable bonds is 4. The van der Waals surface area contributed by atoms with Crippen LogP contribution in [0, 0.1) is 6.92 Å². The topological polar surface area (TPSA) is 73.1 Å². The summed E-state index contributed by atoms with van der Waals surface area (Å²) in [4.78, 5) is 4.57. The first-order chi connectivity index (χ1) is 10.7. The number of aryl methyl sites for hydroxylation is 1. The van der Waals surface area contributed by atoms with Crippen LogP contribution in [0.25, 0.3) is 0 Å². The summed E-state index contributed by atoms with van der Waals surface area (Å²) >= 11 is 0. The summed E-state index contributed by atoms with van der Waals surface area (Å²) in [5.74, 6) is 0.908. The highest BCUT2D eigenvalue weighted by atomic mass is 32.2. The van der Waals surface area contributed by atoms with Gasteiger partial charge in [0.1, 0.15) is 5.75 Å². The molecule has 1 aromatic heterocycles. The molecule has 0 N–H and O–H groups in total. The van der Waals surface area contributed by atoms with Crippen LogP contribution in [-0.4, -0.2) is 18.6 Å². The van der Waals surface area contributed by atoms with Crippen molar-refractivity contribution in [1.29, 1.82) is 0 Å². The Morgan fingerprint density at radius 2 is 1.96 bits per heavy atom. The van der Waals surface area contributed by atoms with Gasteiger partial charge in [0.2, 0.25) is 5.89 Å². The van der Waals surface area contributed by atoms with Crippen molar-refractivity contribution in [2.45, 2.75) is 62.5 Å². The highest BCUT2D eigenvalue weighted by Crippen LogP contribution is 2.38. The molecule has 0 radical (unpaired) electrons. The van der Waals surface area contributed by atoms with E-state index in [2.05, 4.69) is 30.9 Å². The molecule has 0 saturated heterocycles. The lowest BCUT2D eigenvalue weighted by atomic mass is 9.87. The van der Waals surface area contributed by atoms with Crippen LogP contribution >= 0.6 is 0 Å². The van der Waals surface area contributed by atoms with E-state index >= 15 is 0 Å². The first-order valence-electron chi connectivity index (χ1n) is 7.83. The summed E-state index contributed by atoms with van der Waals surface area (Å²) in [7, 11) is -3.51. The summed E-state index contributed by atoms with van der Waals surface area (Å²) in [6, 6.07) is 5.60. The lowest BCUT2D eigenvalue weighted by molar-refractivity contribution is 0.383. The number of hydrogen-bond donors (Lipinski definition) is 0. The minimum absolute atomic E-state index is 0.110. The van der Waals surface area contributed by atoms with Crippen molar-refractivity contribution in [1.82, 2.24) is 10.1 Å². The maximum atomic E-state index is 12.8. The second-order valence-electron chi connectivity index (χ2n) is 7.31. The Bertz CT molecular complexity index is 828. The van der Waals surface area contributed by atoms with Crippen LogP contribution in [0.5, 0.6) is 0 Å². The Labute approximate surface area is 137 Å². The average Bonchev–Trinajstić information content (AvgIpc) is 3.18. The summed E-state index contributed by atoms with van der Waals surface area (Å²) in [6.07, 6.45) is 2.11. The van der Waals surface area contributed by atoms with Gasteiger partial charge in [-0.3, -0.25) is 0 Å². The van der Waals surface area contributed by atoms with Crippen LogP contribution in [0.1, 0.15) is 62.4 Å². The molecule has 3 rings (SSSR count). The lowest BCUT2D eigenvalue weighted by Crippen LogP contribution is -2.14. The van der Waals surface area contributed by atoms with Crippen molar-refractivity contribution in [3.05, 3.63) is 41.0 Å². The van der Waals surface area contributed by atoms with Crippen molar-refractivity contribution in [2.75, 3.05) is 0 Å². The van der Waals surface area contributed by atoms with Gasteiger partial charge in [-0.2, -0.15) is 4.98 Å². The van der Waals surface area contributed by atoms with E-state index in [1.165, 1.54) is 0 Å². The first-order valence-corrected chi connectivity index (χ1v) is 9.48. The predicted molar refractivity (Wildman–Crippen MR) is 87.0 cm³/mol. The van der Waals surface area contributed by atoms with Crippen molar-refractivity contribution in [3.63, 3.8) is 0 Å². The molecular formula is C17H22N2O3S. The predicted octanol–water partition coefficient (Wildman–Crippen LogP) is 3.53. The Hall–Kier alpha value is -1.69. The zero-order valence-corrected chi connectivity index (χ0v) is 14.8. The van der Waals surface area contributed by atoms with Gasteiger partial charge in [0.05, 0.1) is 4.90 Å². The quantitative estimate of drug-likeness (QED) is 0.855. The molecule has 0 amide bonds. The van der Waals surface area contributed by atoms with Gasteiger partial charge in [-0.05, 0) is 42.4 Å². The second-order valence-corrected chi connectivity index (χ2v) is 9.27. The van der Waals surface area contributed by atoms with E-state index in [4.69, 9.17) is 4.52 Å². The first kappa shape index (κ1) is 16.2. The molecule has 1 aliphatic rings. The normalized spacial score (nSPS) is 15.8. The molecule has 5 nitrogen and oxygen atoms in total. The average molecular weight is 334 g/mol. The van der Waals surface area contributed by atoms with Gasteiger partial charge in [0, 0.05) is 5.92 Å². The molecule has 23 heavy (non-hydrogen) atoms. The van der Waals surface area contributed by atoms with E-state index in [9.17, 15) is 8.42 Å². The lowest BCUT2D eigenvalue weighted by Gasteiger charge is -2.20. The molecule has 0 unspecified atom stereocenters. The molecule has 2 aromatic rings. The van der Waals surface area contributed by atoms with Crippen LogP contribution in [0.15, 0.2) is 27.6 Å². The molecular weight excluding hydrogens is 312 g/mol. The van der Waals surface area contributed by atoms with Gasteiger partial charge < -0.3 is 4.52 Å². The number of nitrogens with zero attached hydrogens (tertiary/aromatic N) is 2. The zero-order valence-electron chi connectivity index (χ0n) is 14.0. The molecule has 0 bridgehead atoms. The van der Waals surface area contributed by atoms with Gasteiger partial charge in [0.25, 0.3) is 0 Å². The van der Waals surface area contributed by atoms with E-state index in [0.29, 0.717) is 16.6 Å². The molecule has 6 heteroatoms. The molecule has 1 fully saturated rings. The van der Waals surface area contributed by atoms with Crippen molar-refractivity contribution in [2.24, 2.45) is 0 Å². The largest absolute Gasteiger partial charge is 0.338 e. The van der Waals surface area contributed by atoms with Gasteiger partial charge >= 0.3 is 0 Å². The third kappa shape index (κ3) is 3.47. The van der Waals surface area contributed by atoms with Crippen molar-refractivity contribution < 1.29 is 12.9 Å². The minimum Gasteiger partial charge on any atom is -0.338 e. The second kappa shape index (κ2) is 5.44. The van der Waals surface area contributed by atoms with Gasteiger partial charge in [-0.1, -0.05) is 38.1 Å². The molecule has 0 aliphatic heterocycles. The zero-order chi connectivity index (χ0) is 16.8. The Morgan fingerprint density at radius 3 is 2.57 bits per heavy atom. The summed E-state index contributed by atoms with van der Waals surface area (Å²) in [5, 5.41) is 3.88. The Kier molecular flexibility index (Phi) is 3.83. The number of aromatic nitrogens is 2. The van der Waals surface area contributed by atoms with Gasteiger partial charge in [-0.25, -0.2) is 8.42 Å². The van der Waals surface area contributed by atoms with Gasteiger partial charge in [0.15, 0.2) is 15.7 Å². The maximum absolute atomic E-state index is 12.8. The van der Waals surface area contributed by atoms with E-state index in [-0.39, 0.29) is 17.1 Å². The SMILES string of the molecule is Cc1ccc(C(C)(C)C)cc1S(=O)(=O)Cc1nc(C2CC2)no1. The van der Waals surface area contributed by atoms with Crippen LogP contribution in [0.3, 0.4) is 0 Å². The molecule has 1 saturated carbocycles. The van der Waals surface area contributed by atoms with Crippen LogP contribution in [0.2, 0.25) is 0 Å². The number of hydrogen-bond acceptors (Lipinski definition) is 5. The smallest absolute Gasteiger partial charge is 0.242 e. The number of benzene rings is 1. The van der Waals surface area contributed by atoms with E-state index in [1.54, 1.807) is 6.07 Å². The fourth-order valence-corrected chi connectivity index (χ4v) is 3.94. The Balaban J connectivity index is 1.91. The van der Waals surface area contributed by atoms with Crippen LogP contribution < -0.4 is 0 Å². The monoisotopic (exact) mass is 334 g/mol. The summed E-state index contributed by atoms with van der Waals surface area (Å²) in [6.45, 7) is 8.00. The van der Waals surface area contributed by atoms with E-state index < -0.39 is 9.84 Å². The van der Waals surface area contributed by atoms with E-state index in [1.807, 2.05) is 19.1 Å². The summed E-state index contributed by atoms with van der Waals surface area (Å²) < 4.78 is 30.7. The standard InChI is InChI=1S/C17H22N2O3S/c1-11-5-8-13(17(2,3)4)9-14(11)23(20,21)10-15-18-16(19-22-15)12-6-7-12/h5,8-9,12H,6-7,10H2,1-4H3. The molecule has 124 valence electrons.